The van der Waals surface area contributed by atoms with Crippen LogP contribution >= 0.6 is 11.3 Å². The lowest BCUT2D eigenvalue weighted by Crippen LogP contribution is -2.59. The molecule has 0 bridgehead atoms. The molecule has 39 heavy (non-hydrogen) atoms. The molecule has 1 aromatic heterocycles. The number of nitriles is 1. The maximum absolute atomic E-state index is 12.7. The lowest BCUT2D eigenvalue weighted by molar-refractivity contribution is -0.215. The molecule has 1 amide bonds. The Labute approximate surface area is 231 Å². The number of carbonyl (C=O) groups is 1. The number of piperidine rings is 1. The largest absolute Gasteiger partial charge is 0.388 e. The first kappa shape index (κ1) is 27.3. The van der Waals surface area contributed by atoms with E-state index in [0.29, 0.717) is 0 Å². The first-order valence-corrected chi connectivity index (χ1v) is 14.1. The normalized spacial score (nSPS) is 25.9. The van der Waals surface area contributed by atoms with Crippen molar-refractivity contribution in [2.24, 2.45) is 0 Å². The van der Waals surface area contributed by atoms with E-state index in [1.165, 1.54) is 47.7 Å². The average molecular weight is 548 g/mol. The summed E-state index contributed by atoms with van der Waals surface area (Å²) < 4.78 is 5.51. The lowest BCUT2D eigenvalue weighted by Gasteiger charge is -2.39. The standard InChI is InChI=1S/C30H33N3O5S/c1-18-27(34)29(36)28(35)25(38-18)17-32-30(37)22(16-31)15-24-9-10-26(39-24)21-6-5-20-14-23(8-7-19(20)13-21)33-11-3-2-4-12-33/h5-10,13-15,18,25,27-29,34-36H,2-4,11-12,17H2,1H3,(H,32,37)/b22-15+/t18?,25-,27+,28-,29-/m1/s1. The zero-order valence-corrected chi connectivity index (χ0v) is 22.6. The van der Waals surface area contributed by atoms with Crippen molar-refractivity contribution in [3.8, 4) is 16.5 Å². The highest BCUT2D eigenvalue weighted by Crippen LogP contribution is 2.33. The fourth-order valence-corrected chi connectivity index (χ4v) is 6.15. The maximum Gasteiger partial charge on any atom is 0.262 e. The smallest absolute Gasteiger partial charge is 0.262 e. The summed E-state index contributed by atoms with van der Waals surface area (Å²) >= 11 is 1.49. The van der Waals surface area contributed by atoms with E-state index in [4.69, 9.17) is 4.74 Å². The average Bonchev–Trinajstić information content (AvgIpc) is 3.44. The molecule has 2 aromatic carbocycles. The lowest BCUT2D eigenvalue weighted by atomic mass is 9.95. The van der Waals surface area contributed by atoms with Gasteiger partial charge < -0.3 is 30.3 Å². The van der Waals surface area contributed by atoms with Crippen LogP contribution in [0.25, 0.3) is 27.3 Å². The highest BCUT2D eigenvalue weighted by atomic mass is 32.1. The van der Waals surface area contributed by atoms with E-state index in [0.717, 1.165) is 33.8 Å². The first-order valence-electron chi connectivity index (χ1n) is 13.3. The molecule has 1 unspecified atom stereocenters. The van der Waals surface area contributed by atoms with Gasteiger partial charge in [-0.05, 0) is 78.9 Å². The van der Waals surface area contributed by atoms with Crippen molar-refractivity contribution >= 4 is 39.8 Å². The van der Waals surface area contributed by atoms with Gasteiger partial charge in [-0.15, -0.1) is 11.3 Å². The van der Waals surface area contributed by atoms with Gasteiger partial charge in [0.25, 0.3) is 5.91 Å². The molecular formula is C30H33N3O5S. The van der Waals surface area contributed by atoms with E-state index in [-0.39, 0.29) is 12.1 Å². The highest BCUT2D eigenvalue weighted by molar-refractivity contribution is 7.16. The number of ether oxygens (including phenoxy) is 1. The molecule has 4 N–H and O–H groups in total. The zero-order valence-electron chi connectivity index (χ0n) is 21.8. The van der Waals surface area contributed by atoms with Crippen molar-refractivity contribution in [2.75, 3.05) is 24.5 Å². The number of nitrogens with one attached hydrogen (secondary N) is 1. The third-order valence-corrected chi connectivity index (χ3v) is 8.60. The topological polar surface area (TPSA) is 126 Å². The summed E-state index contributed by atoms with van der Waals surface area (Å²) in [6.07, 6.45) is -0.221. The van der Waals surface area contributed by atoms with Gasteiger partial charge in [-0.25, -0.2) is 0 Å². The third kappa shape index (κ3) is 6.01. The van der Waals surface area contributed by atoms with Crippen LogP contribution in [0.3, 0.4) is 0 Å². The summed E-state index contributed by atoms with van der Waals surface area (Å²) in [5, 5.41) is 44.5. The van der Waals surface area contributed by atoms with Crippen molar-refractivity contribution in [1.82, 2.24) is 5.32 Å². The summed E-state index contributed by atoms with van der Waals surface area (Å²) in [4.78, 5) is 16.9. The number of thiophene rings is 1. The molecule has 3 aromatic rings. The second-order valence-corrected chi connectivity index (χ2v) is 11.3. The van der Waals surface area contributed by atoms with Crippen LogP contribution in [0.5, 0.6) is 0 Å². The van der Waals surface area contributed by atoms with Crippen LogP contribution < -0.4 is 10.2 Å². The van der Waals surface area contributed by atoms with Crippen molar-refractivity contribution in [2.45, 2.75) is 56.7 Å². The van der Waals surface area contributed by atoms with E-state index >= 15 is 0 Å². The fourth-order valence-electron chi connectivity index (χ4n) is 5.21. The Hall–Kier alpha value is -3.26. The van der Waals surface area contributed by atoms with Crippen LogP contribution in [-0.4, -0.2) is 71.4 Å². The van der Waals surface area contributed by atoms with Crippen molar-refractivity contribution in [3.05, 3.63) is 59.0 Å². The van der Waals surface area contributed by atoms with Crippen LogP contribution in [0.1, 0.15) is 31.1 Å². The van der Waals surface area contributed by atoms with E-state index < -0.39 is 36.4 Å². The molecule has 5 atom stereocenters. The molecule has 3 heterocycles. The Bertz CT molecular complexity index is 1410. The van der Waals surface area contributed by atoms with Crippen LogP contribution in [0.4, 0.5) is 5.69 Å². The quantitative estimate of drug-likeness (QED) is 0.275. The number of hydrogen-bond acceptors (Lipinski definition) is 8. The number of rotatable bonds is 6. The summed E-state index contributed by atoms with van der Waals surface area (Å²) in [6.45, 7) is 3.69. The Morgan fingerprint density at radius 1 is 1.05 bits per heavy atom. The molecule has 0 saturated carbocycles. The van der Waals surface area contributed by atoms with Crippen LogP contribution in [0.15, 0.2) is 54.1 Å². The summed E-state index contributed by atoms with van der Waals surface area (Å²) in [5.74, 6) is -0.605. The predicted octanol–water partition coefficient (Wildman–Crippen LogP) is 3.45. The van der Waals surface area contributed by atoms with Crippen molar-refractivity contribution < 1.29 is 24.9 Å². The van der Waals surface area contributed by atoms with Gasteiger partial charge in [0.15, 0.2) is 0 Å². The number of benzene rings is 2. The van der Waals surface area contributed by atoms with Gasteiger partial charge in [0, 0.05) is 35.1 Å². The molecule has 5 rings (SSSR count). The Morgan fingerprint density at radius 3 is 2.56 bits per heavy atom. The molecule has 0 radical (unpaired) electrons. The van der Waals surface area contributed by atoms with E-state index in [2.05, 4.69) is 46.6 Å². The molecule has 204 valence electrons. The van der Waals surface area contributed by atoms with Crippen molar-refractivity contribution in [3.63, 3.8) is 0 Å². The fraction of sp³-hybridized carbons (Fsp3) is 0.400. The van der Waals surface area contributed by atoms with Gasteiger partial charge >= 0.3 is 0 Å². The minimum atomic E-state index is -1.38. The molecule has 8 nitrogen and oxygen atoms in total. The van der Waals surface area contributed by atoms with Crippen LogP contribution in [0.2, 0.25) is 0 Å². The zero-order chi connectivity index (χ0) is 27.5. The number of fused-ring (bicyclic) bond motifs is 1. The predicted molar refractivity (Wildman–Crippen MR) is 152 cm³/mol. The molecular weight excluding hydrogens is 514 g/mol. The Balaban J connectivity index is 1.26. The summed E-state index contributed by atoms with van der Waals surface area (Å²) in [6, 6.07) is 18.8. The number of hydrogen-bond donors (Lipinski definition) is 4. The summed E-state index contributed by atoms with van der Waals surface area (Å²) in [7, 11) is 0. The minimum absolute atomic E-state index is 0.0777. The Kier molecular flexibility index (Phi) is 8.31. The number of aliphatic hydroxyl groups excluding tert-OH is 3. The molecule has 0 aliphatic carbocycles. The van der Waals surface area contributed by atoms with Crippen LogP contribution in [0, 0.1) is 11.3 Å². The molecule has 0 spiro atoms. The number of carbonyl (C=O) groups excluding carboxylic acids is 1. The van der Waals surface area contributed by atoms with Crippen LogP contribution in [-0.2, 0) is 9.53 Å². The maximum atomic E-state index is 12.7. The van der Waals surface area contributed by atoms with E-state index in [9.17, 15) is 25.4 Å². The number of anilines is 1. The number of amides is 1. The second kappa shape index (κ2) is 11.9. The number of aliphatic hydroxyl groups is 3. The Morgan fingerprint density at radius 2 is 1.79 bits per heavy atom. The van der Waals surface area contributed by atoms with Gasteiger partial charge in [0.2, 0.25) is 0 Å². The third-order valence-electron chi connectivity index (χ3n) is 7.52. The van der Waals surface area contributed by atoms with E-state index in [1.807, 2.05) is 18.2 Å². The van der Waals surface area contributed by atoms with E-state index in [1.54, 1.807) is 6.92 Å². The van der Waals surface area contributed by atoms with Gasteiger partial charge in [-0.3, -0.25) is 4.79 Å². The molecule has 2 aliphatic heterocycles. The molecule has 9 heteroatoms. The van der Waals surface area contributed by atoms with Gasteiger partial charge in [0.05, 0.1) is 6.10 Å². The molecule has 2 aliphatic rings. The first-order chi connectivity index (χ1) is 18.8. The summed E-state index contributed by atoms with van der Waals surface area (Å²) in [5.41, 5.74) is 2.26. The second-order valence-electron chi connectivity index (χ2n) is 10.2. The van der Waals surface area contributed by atoms with Gasteiger partial charge in [0.1, 0.15) is 36.1 Å². The SMILES string of the molecule is CC1O[C@H](CNC(=O)/C(C#N)=C/c2ccc(-c3ccc4cc(N5CCCCC5)ccc4c3)s2)[C@@H](O)[C@H](O)[C@H]1O. The highest BCUT2D eigenvalue weighted by Gasteiger charge is 2.41. The van der Waals surface area contributed by atoms with Gasteiger partial charge in [-0.1, -0.05) is 18.2 Å². The number of nitrogens with zero attached hydrogens (tertiary/aromatic N) is 2. The van der Waals surface area contributed by atoms with Gasteiger partial charge in [-0.2, -0.15) is 5.26 Å². The minimum Gasteiger partial charge on any atom is -0.388 e. The molecule has 2 fully saturated rings. The van der Waals surface area contributed by atoms with Crippen molar-refractivity contribution in [1.29, 1.82) is 5.26 Å². The molecule has 2 saturated heterocycles. The monoisotopic (exact) mass is 547 g/mol.